The van der Waals surface area contributed by atoms with E-state index in [0.29, 0.717) is 18.9 Å². The van der Waals surface area contributed by atoms with Gasteiger partial charge in [0.25, 0.3) is 0 Å². The predicted octanol–water partition coefficient (Wildman–Crippen LogP) is 2.43. The van der Waals surface area contributed by atoms with Crippen molar-refractivity contribution in [2.45, 2.75) is 51.0 Å². The Balaban J connectivity index is 1.35. The van der Waals surface area contributed by atoms with Crippen LogP contribution < -0.4 is 0 Å². The molecular formula is C21H26N4O2. The van der Waals surface area contributed by atoms with E-state index in [9.17, 15) is 4.79 Å². The highest BCUT2D eigenvalue weighted by Crippen LogP contribution is 2.49. The van der Waals surface area contributed by atoms with E-state index in [2.05, 4.69) is 34.9 Å². The highest BCUT2D eigenvalue weighted by molar-refractivity contribution is 5.82. The molecule has 142 valence electrons. The smallest absolute Gasteiger partial charge is 0.226 e. The van der Waals surface area contributed by atoms with Gasteiger partial charge in [0, 0.05) is 37.7 Å². The number of carbonyl (C=O) groups is 1. The van der Waals surface area contributed by atoms with E-state index < -0.39 is 5.72 Å². The number of likely N-dealkylation sites (tertiary alicyclic amines) is 1. The zero-order valence-electron chi connectivity index (χ0n) is 15.9. The van der Waals surface area contributed by atoms with Gasteiger partial charge < -0.3 is 9.64 Å². The maximum atomic E-state index is 12.8. The molecule has 0 N–H and O–H groups in total. The molecule has 1 amide bonds. The lowest BCUT2D eigenvalue weighted by Gasteiger charge is -2.34. The van der Waals surface area contributed by atoms with Gasteiger partial charge in [-0.2, -0.15) is 5.10 Å². The van der Waals surface area contributed by atoms with Gasteiger partial charge in [-0.1, -0.05) is 32.0 Å². The summed E-state index contributed by atoms with van der Waals surface area (Å²) in [5.41, 5.74) is 1.82. The predicted molar refractivity (Wildman–Crippen MR) is 101 cm³/mol. The minimum atomic E-state index is -0.401. The number of para-hydroxylation sites is 1. The first-order valence-corrected chi connectivity index (χ1v) is 9.87. The first-order chi connectivity index (χ1) is 13.1. The van der Waals surface area contributed by atoms with Crippen molar-refractivity contribution in [3.63, 3.8) is 0 Å². The SMILES string of the molecule is CC(C)[C@@H]1CO[C@@]23CCN(Cc4cnn(-c5ccccc5)c4)[C@@H]2CC(=O)N13. The number of carbonyl (C=O) groups excluding carboxylic acids is 1. The molecule has 5 rings (SSSR count). The van der Waals surface area contributed by atoms with Crippen molar-refractivity contribution in [2.24, 2.45) is 5.92 Å². The zero-order valence-corrected chi connectivity index (χ0v) is 15.9. The summed E-state index contributed by atoms with van der Waals surface area (Å²) < 4.78 is 8.23. The second kappa shape index (κ2) is 6.17. The molecule has 27 heavy (non-hydrogen) atoms. The van der Waals surface area contributed by atoms with Gasteiger partial charge in [-0.3, -0.25) is 9.69 Å². The molecule has 2 aromatic rings. The van der Waals surface area contributed by atoms with Crippen molar-refractivity contribution in [2.75, 3.05) is 13.2 Å². The van der Waals surface area contributed by atoms with Crippen molar-refractivity contribution in [1.82, 2.24) is 19.6 Å². The van der Waals surface area contributed by atoms with Gasteiger partial charge in [-0.25, -0.2) is 4.68 Å². The summed E-state index contributed by atoms with van der Waals surface area (Å²) >= 11 is 0. The number of hydrogen-bond donors (Lipinski definition) is 0. The quantitative estimate of drug-likeness (QED) is 0.834. The van der Waals surface area contributed by atoms with Gasteiger partial charge in [0.15, 0.2) is 5.72 Å². The average Bonchev–Trinajstić information content (AvgIpc) is 3.40. The number of nitrogens with zero attached hydrogens (tertiary/aromatic N) is 4. The summed E-state index contributed by atoms with van der Waals surface area (Å²) in [4.78, 5) is 17.3. The van der Waals surface area contributed by atoms with Crippen LogP contribution >= 0.6 is 0 Å². The molecule has 0 radical (unpaired) electrons. The van der Waals surface area contributed by atoms with Crippen LogP contribution in [0.5, 0.6) is 0 Å². The van der Waals surface area contributed by atoms with Gasteiger partial charge in [-0.05, 0) is 18.1 Å². The number of rotatable bonds is 4. The fourth-order valence-corrected chi connectivity index (χ4v) is 5.04. The molecule has 1 spiro atoms. The average molecular weight is 366 g/mol. The summed E-state index contributed by atoms with van der Waals surface area (Å²) in [7, 11) is 0. The normalized spacial score (nSPS) is 30.3. The van der Waals surface area contributed by atoms with Crippen LogP contribution in [0.2, 0.25) is 0 Å². The van der Waals surface area contributed by atoms with Crippen LogP contribution in [0, 0.1) is 5.92 Å². The number of hydrogen-bond acceptors (Lipinski definition) is 4. The summed E-state index contributed by atoms with van der Waals surface area (Å²) in [6.07, 6.45) is 5.48. The fourth-order valence-electron chi connectivity index (χ4n) is 5.04. The van der Waals surface area contributed by atoms with Gasteiger partial charge in [0.2, 0.25) is 5.91 Å². The Morgan fingerprint density at radius 2 is 2.11 bits per heavy atom. The van der Waals surface area contributed by atoms with E-state index in [4.69, 9.17) is 4.74 Å². The lowest BCUT2D eigenvalue weighted by Crippen LogP contribution is -2.50. The maximum absolute atomic E-state index is 12.8. The minimum Gasteiger partial charge on any atom is -0.352 e. The highest BCUT2D eigenvalue weighted by atomic mass is 16.5. The third-order valence-corrected chi connectivity index (χ3v) is 6.41. The molecule has 0 saturated carbocycles. The number of amides is 1. The maximum Gasteiger partial charge on any atom is 0.226 e. The number of aromatic nitrogens is 2. The molecule has 0 bridgehead atoms. The summed E-state index contributed by atoms with van der Waals surface area (Å²) in [5.74, 6) is 0.672. The van der Waals surface area contributed by atoms with Crippen molar-refractivity contribution >= 4 is 5.91 Å². The van der Waals surface area contributed by atoms with E-state index in [-0.39, 0.29) is 18.0 Å². The first-order valence-electron chi connectivity index (χ1n) is 9.87. The van der Waals surface area contributed by atoms with E-state index in [1.54, 1.807) is 0 Å². The third-order valence-electron chi connectivity index (χ3n) is 6.41. The Bertz CT molecular complexity index is 849. The van der Waals surface area contributed by atoms with Gasteiger partial charge >= 0.3 is 0 Å². The molecule has 0 aliphatic carbocycles. The Hall–Kier alpha value is -2.18. The lowest BCUT2D eigenvalue weighted by molar-refractivity contribution is -0.139. The van der Waals surface area contributed by atoms with Crippen molar-refractivity contribution < 1.29 is 9.53 Å². The van der Waals surface area contributed by atoms with E-state index in [0.717, 1.165) is 25.2 Å². The van der Waals surface area contributed by atoms with Gasteiger partial charge in [0.1, 0.15) is 0 Å². The lowest BCUT2D eigenvalue weighted by atomic mass is 10.0. The van der Waals surface area contributed by atoms with Crippen LogP contribution in [0.1, 0.15) is 32.3 Å². The highest BCUT2D eigenvalue weighted by Gasteiger charge is 2.64. The van der Waals surface area contributed by atoms with Crippen LogP contribution in [0.15, 0.2) is 42.7 Å². The van der Waals surface area contributed by atoms with Crippen LogP contribution in [-0.4, -0.2) is 56.4 Å². The Kier molecular flexibility index (Phi) is 3.88. The zero-order chi connectivity index (χ0) is 18.6. The van der Waals surface area contributed by atoms with Crippen LogP contribution in [0.4, 0.5) is 0 Å². The van der Waals surface area contributed by atoms with Crippen molar-refractivity contribution in [1.29, 1.82) is 0 Å². The Morgan fingerprint density at radius 1 is 1.30 bits per heavy atom. The molecule has 1 aromatic carbocycles. The Morgan fingerprint density at radius 3 is 2.89 bits per heavy atom. The molecule has 4 heterocycles. The van der Waals surface area contributed by atoms with Gasteiger partial charge in [-0.15, -0.1) is 0 Å². The van der Waals surface area contributed by atoms with Crippen LogP contribution in [0.3, 0.4) is 0 Å². The molecule has 6 heteroatoms. The largest absolute Gasteiger partial charge is 0.352 e. The van der Waals surface area contributed by atoms with Crippen molar-refractivity contribution in [3.8, 4) is 5.69 Å². The molecular weight excluding hydrogens is 340 g/mol. The Labute approximate surface area is 159 Å². The van der Waals surface area contributed by atoms with Crippen LogP contribution in [-0.2, 0) is 16.1 Å². The number of ether oxygens (including phenoxy) is 1. The summed E-state index contributed by atoms with van der Waals surface area (Å²) in [5, 5.41) is 4.51. The molecule has 0 unspecified atom stereocenters. The fraction of sp³-hybridized carbons (Fsp3) is 0.524. The van der Waals surface area contributed by atoms with Gasteiger partial charge in [0.05, 0.1) is 30.6 Å². The molecule has 6 nitrogen and oxygen atoms in total. The second-order valence-electron chi connectivity index (χ2n) is 8.30. The summed E-state index contributed by atoms with van der Waals surface area (Å²) in [6.45, 7) is 6.78. The molecule has 3 saturated heterocycles. The monoisotopic (exact) mass is 366 g/mol. The van der Waals surface area contributed by atoms with E-state index >= 15 is 0 Å². The molecule has 3 fully saturated rings. The van der Waals surface area contributed by atoms with E-state index in [1.165, 1.54) is 5.56 Å². The standard InChI is InChI=1S/C21H26N4O2/c1-15(2)18-14-27-21-8-9-23(19(21)10-20(26)25(18)21)12-16-11-22-24(13-16)17-6-4-3-5-7-17/h3-7,11,13,15,18-19H,8-10,12,14H2,1-2H3/t18-,19+,21-/m0/s1. The second-order valence-corrected chi connectivity index (χ2v) is 8.30. The van der Waals surface area contributed by atoms with E-state index in [1.807, 2.05) is 41.2 Å². The molecule has 3 aliphatic heterocycles. The molecule has 3 aliphatic rings. The molecule has 1 aromatic heterocycles. The minimum absolute atomic E-state index is 0.147. The topological polar surface area (TPSA) is 50.6 Å². The first kappa shape index (κ1) is 17.0. The third kappa shape index (κ3) is 2.54. The molecule has 3 atom stereocenters. The van der Waals surface area contributed by atoms with Crippen LogP contribution in [0.25, 0.3) is 5.69 Å². The summed E-state index contributed by atoms with van der Waals surface area (Å²) in [6, 6.07) is 10.5. The van der Waals surface area contributed by atoms with Crippen molar-refractivity contribution in [3.05, 3.63) is 48.3 Å². The number of benzene rings is 1.